The zero-order chi connectivity index (χ0) is 16.8. The Bertz CT molecular complexity index is 545. The Hall–Kier alpha value is -1.09. The number of allylic oxidation sites excluding steroid dienone is 2. The number of carbonyl (C=O) groups is 1. The fourth-order valence-corrected chi connectivity index (χ4v) is 5.49. The van der Waals surface area contributed by atoms with Crippen LogP contribution >= 0.6 is 0 Å². The normalized spacial score (nSPS) is 41.7. The molecule has 1 aliphatic heterocycles. The number of hydrogen-bond acceptors (Lipinski definition) is 3. The molecular formula is C20H30O3. The van der Waals surface area contributed by atoms with E-state index in [0.717, 1.165) is 12.0 Å². The zero-order valence-corrected chi connectivity index (χ0v) is 15.0. The average molecular weight is 318 g/mol. The Kier molecular flexibility index (Phi) is 4.20. The molecule has 4 atom stereocenters. The first-order valence-electron chi connectivity index (χ1n) is 8.90. The zero-order valence-electron chi connectivity index (χ0n) is 15.0. The van der Waals surface area contributed by atoms with E-state index in [4.69, 9.17) is 9.47 Å². The second kappa shape index (κ2) is 5.77. The van der Waals surface area contributed by atoms with E-state index >= 15 is 0 Å². The number of methoxy groups -OCH3 is 1. The van der Waals surface area contributed by atoms with Gasteiger partial charge in [-0.15, -0.1) is 0 Å². The Morgan fingerprint density at radius 2 is 2.04 bits per heavy atom. The van der Waals surface area contributed by atoms with Gasteiger partial charge in [-0.25, -0.2) is 4.79 Å². The van der Waals surface area contributed by atoms with Crippen molar-refractivity contribution in [2.75, 3.05) is 7.11 Å². The fraction of sp³-hybridized carbons (Fsp3) is 0.750. The Morgan fingerprint density at radius 3 is 2.70 bits per heavy atom. The van der Waals surface area contributed by atoms with Crippen LogP contribution < -0.4 is 0 Å². The molecule has 0 N–H and O–H groups in total. The minimum atomic E-state index is -0.419. The standard InChI is InChI=1S/C20H30O3/c1-13-7-8-16-19(2,3)9-6-10-20(16,4)15(13)11-14-12-17(22-5)23-18(14)21/h11,15-17H,1,6-10,12H2,2-5H3/b14-11+/t15-,16-,17?,20+/m0/s1. The predicted octanol–water partition coefficient (Wildman–Crippen LogP) is 4.63. The maximum Gasteiger partial charge on any atom is 0.336 e. The second-order valence-electron chi connectivity index (χ2n) is 8.54. The highest BCUT2D eigenvalue weighted by molar-refractivity contribution is 5.90. The average Bonchev–Trinajstić information content (AvgIpc) is 2.82. The third-order valence-corrected chi connectivity index (χ3v) is 6.70. The van der Waals surface area contributed by atoms with Crippen LogP contribution in [0.1, 0.15) is 59.3 Å². The van der Waals surface area contributed by atoms with Gasteiger partial charge in [0, 0.05) is 25.0 Å². The highest BCUT2D eigenvalue weighted by Crippen LogP contribution is 2.61. The Labute approximate surface area is 140 Å². The van der Waals surface area contributed by atoms with Crippen molar-refractivity contribution in [3.8, 4) is 0 Å². The van der Waals surface area contributed by atoms with Crippen molar-refractivity contribution >= 4 is 5.97 Å². The molecule has 0 spiro atoms. The van der Waals surface area contributed by atoms with Gasteiger partial charge in [0.2, 0.25) is 6.29 Å². The van der Waals surface area contributed by atoms with Gasteiger partial charge >= 0.3 is 5.97 Å². The van der Waals surface area contributed by atoms with Gasteiger partial charge in [-0.05, 0) is 42.4 Å². The van der Waals surface area contributed by atoms with Crippen molar-refractivity contribution in [2.45, 2.75) is 65.6 Å². The summed E-state index contributed by atoms with van der Waals surface area (Å²) in [5.41, 5.74) is 2.63. The molecule has 0 bridgehead atoms. The van der Waals surface area contributed by atoms with Crippen LogP contribution in [0.3, 0.4) is 0 Å². The Balaban J connectivity index is 1.93. The topological polar surface area (TPSA) is 35.5 Å². The van der Waals surface area contributed by atoms with E-state index in [2.05, 4.69) is 33.4 Å². The van der Waals surface area contributed by atoms with Gasteiger partial charge in [-0.3, -0.25) is 0 Å². The van der Waals surface area contributed by atoms with Crippen LogP contribution in [0.2, 0.25) is 0 Å². The second-order valence-corrected chi connectivity index (χ2v) is 8.54. The number of cyclic esters (lactones) is 1. The summed E-state index contributed by atoms with van der Waals surface area (Å²) in [5.74, 6) is 0.746. The minimum absolute atomic E-state index is 0.204. The van der Waals surface area contributed by atoms with Crippen LogP contribution in [0.15, 0.2) is 23.8 Å². The van der Waals surface area contributed by atoms with Crippen LogP contribution in [0, 0.1) is 22.7 Å². The number of ether oxygens (including phenoxy) is 2. The fourth-order valence-electron chi connectivity index (χ4n) is 5.49. The van der Waals surface area contributed by atoms with Crippen molar-refractivity contribution in [2.24, 2.45) is 22.7 Å². The van der Waals surface area contributed by atoms with Crippen LogP contribution in [-0.4, -0.2) is 19.4 Å². The molecule has 1 heterocycles. The minimum Gasteiger partial charge on any atom is -0.432 e. The van der Waals surface area contributed by atoms with Gasteiger partial charge in [0.05, 0.1) is 0 Å². The van der Waals surface area contributed by atoms with Gasteiger partial charge in [-0.2, -0.15) is 0 Å². The summed E-state index contributed by atoms with van der Waals surface area (Å²) in [7, 11) is 1.58. The molecular weight excluding hydrogens is 288 g/mol. The maximum absolute atomic E-state index is 12.1. The lowest BCUT2D eigenvalue weighted by Gasteiger charge is -2.57. The first-order valence-corrected chi connectivity index (χ1v) is 8.90. The lowest BCUT2D eigenvalue weighted by molar-refractivity contribution is -0.156. The lowest BCUT2D eigenvalue weighted by atomic mass is 9.47. The number of rotatable bonds is 2. The van der Waals surface area contributed by atoms with Gasteiger partial charge in [-0.1, -0.05) is 45.4 Å². The SMILES string of the molecule is C=C1CC[C@H]2C(C)(C)CCC[C@]2(C)[C@H]1/C=C1\CC(OC)OC1=O. The first kappa shape index (κ1) is 16.8. The molecule has 3 rings (SSSR count). The third-order valence-electron chi connectivity index (χ3n) is 6.70. The van der Waals surface area contributed by atoms with E-state index < -0.39 is 6.29 Å². The highest BCUT2D eigenvalue weighted by atomic mass is 16.7. The quantitative estimate of drug-likeness (QED) is 0.423. The predicted molar refractivity (Wildman–Crippen MR) is 90.7 cm³/mol. The maximum atomic E-state index is 12.1. The smallest absolute Gasteiger partial charge is 0.336 e. The van der Waals surface area contributed by atoms with Crippen molar-refractivity contribution in [3.63, 3.8) is 0 Å². The third kappa shape index (κ3) is 2.77. The molecule has 0 aromatic rings. The molecule has 23 heavy (non-hydrogen) atoms. The van der Waals surface area contributed by atoms with Crippen LogP contribution in [0.25, 0.3) is 0 Å². The van der Waals surface area contributed by atoms with E-state index in [1.165, 1.54) is 31.3 Å². The van der Waals surface area contributed by atoms with Crippen LogP contribution in [0.5, 0.6) is 0 Å². The molecule has 3 nitrogen and oxygen atoms in total. The Morgan fingerprint density at radius 1 is 1.30 bits per heavy atom. The summed E-state index contributed by atoms with van der Waals surface area (Å²) in [4.78, 5) is 12.1. The molecule has 2 saturated carbocycles. The first-order chi connectivity index (χ1) is 10.8. The van der Waals surface area contributed by atoms with E-state index in [-0.39, 0.29) is 17.3 Å². The molecule has 0 aromatic carbocycles. The molecule has 0 radical (unpaired) electrons. The molecule has 1 saturated heterocycles. The van der Waals surface area contributed by atoms with Crippen LogP contribution in [-0.2, 0) is 14.3 Å². The summed E-state index contributed by atoms with van der Waals surface area (Å²) < 4.78 is 10.4. The summed E-state index contributed by atoms with van der Waals surface area (Å²) in [6.07, 6.45) is 8.39. The largest absolute Gasteiger partial charge is 0.432 e. The number of carbonyl (C=O) groups excluding carboxylic acids is 1. The molecule has 3 heteroatoms. The molecule has 128 valence electrons. The molecule has 2 aliphatic carbocycles. The number of fused-ring (bicyclic) bond motifs is 1. The molecule has 3 aliphatic rings. The van der Waals surface area contributed by atoms with Crippen molar-refractivity contribution < 1.29 is 14.3 Å². The summed E-state index contributed by atoms with van der Waals surface area (Å²) in [5, 5.41) is 0. The molecule has 1 unspecified atom stereocenters. The van der Waals surface area contributed by atoms with Gasteiger partial charge in [0.25, 0.3) is 0 Å². The number of esters is 1. The summed E-state index contributed by atoms with van der Waals surface area (Å²) in [6, 6.07) is 0. The number of hydrogen-bond donors (Lipinski definition) is 0. The van der Waals surface area contributed by atoms with Gasteiger partial charge in [0.15, 0.2) is 0 Å². The van der Waals surface area contributed by atoms with E-state index in [1.807, 2.05) is 0 Å². The van der Waals surface area contributed by atoms with Crippen molar-refractivity contribution in [3.05, 3.63) is 23.8 Å². The monoisotopic (exact) mass is 318 g/mol. The van der Waals surface area contributed by atoms with Crippen molar-refractivity contribution in [1.82, 2.24) is 0 Å². The summed E-state index contributed by atoms with van der Waals surface area (Å²) >= 11 is 0. The molecule has 3 fully saturated rings. The van der Waals surface area contributed by atoms with E-state index in [9.17, 15) is 4.79 Å². The lowest BCUT2D eigenvalue weighted by Crippen LogP contribution is -2.49. The summed E-state index contributed by atoms with van der Waals surface area (Å²) in [6.45, 7) is 11.6. The van der Waals surface area contributed by atoms with E-state index in [0.29, 0.717) is 17.8 Å². The van der Waals surface area contributed by atoms with E-state index in [1.54, 1.807) is 7.11 Å². The van der Waals surface area contributed by atoms with Gasteiger partial charge < -0.3 is 9.47 Å². The van der Waals surface area contributed by atoms with Gasteiger partial charge in [0.1, 0.15) is 0 Å². The molecule has 0 amide bonds. The van der Waals surface area contributed by atoms with Crippen molar-refractivity contribution in [1.29, 1.82) is 0 Å². The molecule has 0 aromatic heterocycles. The highest BCUT2D eigenvalue weighted by Gasteiger charge is 2.52. The van der Waals surface area contributed by atoms with Crippen LogP contribution in [0.4, 0.5) is 0 Å².